The Bertz CT molecular complexity index is 280. The molecule has 1 aliphatic heterocycles. The van der Waals surface area contributed by atoms with Crippen LogP contribution >= 0.6 is 0 Å². The number of halogens is 1. The summed E-state index contributed by atoms with van der Waals surface area (Å²) in [5.41, 5.74) is 0. The first-order valence-corrected chi connectivity index (χ1v) is 4.46. The molecule has 1 fully saturated rings. The van der Waals surface area contributed by atoms with E-state index in [2.05, 4.69) is 0 Å². The molecule has 1 aliphatic rings. The lowest BCUT2D eigenvalue weighted by molar-refractivity contribution is -0.0684. The van der Waals surface area contributed by atoms with Crippen molar-refractivity contribution in [2.24, 2.45) is 0 Å². The molecular weight excluding hydrogens is 187 g/mol. The van der Waals surface area contributed by atoms with Crippen LogP contribution in [0, 0.1) is 5.82 Å². The smallest absolute Gasteiger partial charge is 0.191 e. The van der Waals surface area contributed by atoms with E-state index in [4.69, 9.17) is 14.2 Å². The van der Waals surface area contributed by atoms with Crippen molar-refractivity contribution < 1.29 is 18.6 Å². The van der Waals surface area contributed by atoms with Gasteiger partial charge in [-0.1, -0.05) is 0 Å². The van der Waals surface area contributed by atoms with E-state index in [1.165, 1.54) is 12.1 Å². The predicted molar refractivity (Wildman–Crippen MR) is 47.6 cm³/mol. The Morgan fingerprint density at radius 2 is 1.86 bits per heavy atom. The lowest BCUT2D eigenvalue weighted by Gasteiger charge is -2.10. The maximum Gasteiger partial charge on any atom is 0.191 e. The molecular formula is C10H11FO3. The highest BCUT2D eigenvalue weighted by Gasteiger charge is 2.16. The summed E-state index contributed by atoms with van der Waals surface area (Å²) >= 11 is 0. The molecule has 0 spiro atoms. The second-order valence-electron chi connectivity index (χ2n) is 2.94. The van der Waals surface area contributed by atoms with Gasteiger partial charge in [0.2, 0.25) is 0 Å². The number of hydrogen-bond donors (Lipinski definition) is 0. The first kappa shape index (κ1) is 9.43. The Morgan fingerprint density at radius 1 is 1.21 bits per heavy atom. The van der Waals surface area contributed by atoms with Gasteiger partial charge in [-0.15, -0.1) is 0 Å². The molecule has 0 amide bonds. The molecule has 0 bridgehead atoms. The molecule has 0 N–H and O–H groups in total. The second kappa shape index (κ2) is 4.39. The second-order valence-corrected chi connectivity index (χ2v) is 2.94. The number of benzene rings is 1. The summed E-state index contributed by atoms with van der Waals surface area (Å²) in [4.78, 5) is 0. The minimum Gasteiger partial charge on any atom is -0.488 e. The first-order chi connectivity index (χ1) is 6.84. The lowest BCUT2D eigenvalue weighted by Crippen LogP contribution is -2.18. The van der Waals surface area contributed by atoms with Crippen molar-refractivity contribution in [2.75, 3.05) is 19.8 Å². The summed E-state index contributed by atoms with van der Waals surface area (Å²) in [5, 5.41) is 0. The van der Waals surface area contributed by atoms with Gasteiger partial charge in [-0.2, -0.15) is 0 Å². The maximum atomic E-state index is 12.5. The van der Waals surface area contributed by atoms with E-state index >= 15 is 0 Å². The van der Waals surface area contributed by atoms with Crippen LogP contribution in [0.3, 0.4) is 0 Å². The van der Waals surface area contributed by atoms with E-state index in [0.29, 0.717) is 25.6 Å². The molecule has 0 saturated carbocycles. The summed E-state index contributed by atoms with van der Waals surface area (Å²) in [6, 6.07) is 5.85. The van der Waals surface area contributed by atoms with Gasteiger partial charge in [-0.3, -0.25) is 0 Å². The summed E-state index contributed by atoms with van der Waals surface area (Å²) in [6.45, 7) is 1.56. The molecule has 0 aromatic heterocycles. The van der Waals surface area contributed by atoms with E-state index in [0.717, 1.165) is 0 Å². The molecule has 14 heavy (non-hydrogen) atoms. The Morgan fingerprint density at radius 3 is 2.50 bits per heavy atom. The molecule has 0 aliphatic carbocycles. The number of rotatable bonds is 3. The van der Waals surface area contributed by atoms with E-state index in [-0.39, 0.29) is 12.1 Å². The normalized spacial score (nSPS) is 17.2. The van der Waals surface area contributed by atoms with Gasteiger partial charge < -0.3 is 14.2 Å². The van der Waals surface area contributed by atoms with Crippen molar-refractivity contribution in [2.45, 2.75) is 6.29 Å². The van der Waals surface area contributed by atoms with Gasteiger partial charge in [0.05, 0.1) is 13.2 Å². The van der Waals surface area contributed by atoms with Crippen LogP contribution < -0.4 is 4.74 Å². The van der Waals surface area contributed by atoms with Gasteiger partial charge >= 0.3 is 0 Å². The van der Waals surface area contributed by atoms with Gasteiger partial charge in [-0.05, 0) is 24.3 Å². The van der Waals surface area contributed by atoms with Crippen molar-refractivity contribution in [3.05, 3.63) is 30.1 Å². The minimum atomic E-state index is -0.292. The first-order valence-electron chi connectivity index (χ1n) is 4.46. The standard InChI is InChI=1S/C10H11FO3/c11-8-1-3-9(4-2-8)14-7-10-12-5-6-13-10/h1-4,10H,5-7H2. The molecule has 1 heterocycles. The highest BCUT2D eigenvalue weighted by Crippen LogP contribution is 2.13. The van der Waals surface area contributed by atoms with Crippen molar-refractivity contribution in [1.82, 2.24) is 0 Å². The molecule has 0 unspecified atom stereocenters. The summed E-state index contributed by atoms with van der Waals surface area (Å²) in [6.07, 6.45) is -0.292. The van der Waals surface area contributed by atoms with Gasteiger partial charge in [0.25, 0.3) is 0 Å². The fraction of sp³-hybridized carbons (Fsp3) is 0.400. The minimum absolute atomic E-state index is 0.272. The van der Waals surface area contributed by atoms with E-state index in [1.54, 1.807) is 12.1 Å². The zero-order valence-electron chi connectivity index (χ0n) is 7.61. The number of hydrogen-bond acceptors (Lipinski definition) is 3. The molecule has 1 saturated heterocycles. The molecule has 76 valence electrons. The average molecular weight is 198 g/mol. The molecule has 4 heteroatoms. The van der Waals surface area contributed by atoms with Gasteiger partial charge in [0.1, 0.15) is 18.2 Å². The Balaban J connectivity index is 1.82. The topological polar surface area (TPSA) is 27.7 Å². The quantitative estimate of drug-likeness (QED) is 0.738. The molecule has 3 nitrogen and oxygen atoms in total. The third kappa shape index (κ3) is 2.43. The van der Waals surface area contributed by atoms with Crippen LogP contribution in [0.25, 0.3) is 0 Å². The third-order valence-corrected chi connectivity index (χ3v) is 1.89. The van der Waals surface area contributed by atoms with Crippen LogP contribution in [-0.2, 0) is 9.47 Å². The van der Waals surface area contributed by atoms with Crippen LogP contribution in [0.2, 0.25) is 0 Å². The molecule has 1 aromatic rings. The Hall–Kier alpha value is -1.13. The van der Waals surface area contributed by atoms with Gasteiger partial charge in [0.15, 0.2) is 6.29 Å². The molecule has 0 atom stereocenters. The zero-order valence-corrected chi connectivity index (χ0v) is 7.61. The van der Waals surface area contributed by atoms with Crippen molar-refractivity contribution in [3.63, 3.8) is 0 Å². The summed E-state index contributed by atoms with van der Waals surface area (Å²) in [7, 11) is 0. The van der Waals surface area contributed by atoms with Crippen molar-refractivity contribution in [1.29, 1.82) is 0 Å². The Labute approximate surface area is 81.4 Å². The predicted octanol–water partition coefficient (Wildman–Crippen LogP) is 1.58. The largest absolute Gasteiger partial charge is 0.488 e. The zero-order chi connectivity index (χ0) is 9.80. The van der Waals surface area contributed by atoms with Crippen molar-refractivity contribution >= 4 is 0 Å². The molecule has 2 rings (SSSR count). The molecule has 1 aromatic carbocycles. The van der Waals surface area contributed by atoms with Crippen LogP contribution in [0.4, 0.5) is 4.39 Å². The summed E-state index contributed by atoms with van der Waals surface area (Å²) < 4.78 is 28.2. The van der Waals surface area contributed by atoms with Crippen LogP contribution in [0.15, 0.2) is 24.3 Å². The van der Waals surface area contributed by atoms with E-state index in [1.807, 2.05) is 0 Å². The van der Waals surface area contributed by atoms with Crippen molar-refractivity contribution in [3.8, 4) is 5.75 Å². The van der Waals surface area contributed by atoms with Crippen LogP contribution in [0.1, 0.15) is 0 Å². The summed E-state index contributed by atoms with van der Waals surface area (Å²) in [5.74, 6) is 0.344. The SMILES string of the molecule is Fc1ccc(OCC2OCCO2)cc1. The lowest BCUT2D eigenvalue weighted by atomic mass is 10.3. The van der Waals surface area contributed by atoms with E-state index in [9.17, 15) is 4.39 Å². The molecule has 0 radical (unpaired) electrons. The van der Waals surface area contributed by atoms with Crippen LogP contribution in [-0.4, -0.2) is 26.1 Å². The average Bonchev–Trinajstić information content (AvgIpc) is 2.70. The van der Waals surface area contributed by atoms with Crippen LogP contribution in [0.5, 0.6) is 5.75 Å². The fourth-order valence-corrected chi connectivity index (χ4v) is 1.20. The highest BCUT2D eigenvalue weighted by molar-refractivity contribution is 5.21. The number of ether oxygens (including phenoxy) is 3. The van der Waals surface area contributed by atoms with Gasteiger partial charge in [0, 0.05) is 0 Å². The fourth-order valence-electron chi connectivity index (χ4n) is 1.20. The monoisotopic (exact) mass is 198 g/mol. The highest BCUT2D eigenvalue weighted by atomic mass is 19.1. The maximum absolute atomic E-state index is 12.5. The third-order valence-electron chi connectivity index (χ3n) is 1.89. The van der Waals surface area contributed by atoms with Gasteiger partial charge in [-0.25, -0.2) is 4.39 Å². The van der Waals surface area contributed by atoms with E-state index < -0.39 is 0 Å². The Kier molecular flexibility index (Phi) is 2.96.